The average molecular weight is 285 g/mol. The summed E-state index contributed by atoms with van der Waals surface area (Å²) in [7, 11) is 0. The first-order valence-electron chi connectivity index (χ1n) is 7.72. The molecule has 0 radical (unpaired) electrons. The number of hydrogen-bond donors (Lipinski definition) is 0. The highest BCUT2D eigenvalue weighted by Crippen LogP contribution is 2.38. The molecule has 0 atom stereocenters. The molecule has 2 rings (SSSR count). The molecule has 0 saturated heterocycles. The predicted molar refractivity (Wildman–Crippen MR) is 92.1 cm³/mol. The highest BCUT2D eigenvalue weighted by molar-refractivity contribution is 5.70. The first kappa shape index (κ1) is 15.7. The Morgan fingerprint density at radius 3 is 2.29 bits per heavy atom. The summed E-state index contributed by atoms with van der Waals surface area (Å²) in [5.41, 5.74) is 3.13. The smallest absolute Gasteiger partial charge is 0.129 e. The molecule has 1 aliphatic rings. The van der Waals surface area contributed by atoms with Gasteiger partial charge in [0.15, 0.2) is 0 Å². The van der Waals surface area contributed by atoms with Gasteiger partial charge in [-0.25, -0.2) is 0 Å². The van der Waals surface area contributed by atoms with E-state index in [4.69, 9.17) is 4.74 Å². The van der Waals surface area contributed by atoms with Crippen LogP contribution >= 0.6 is 0 Å². The van der Waals surface area contributed by atoms with Gasteiger partial charge < -0.3 is 9.64 Å². The lowest BCUT2D eigenvalue weighted by molar-refractivity contribution is 0.149. The second-order valence-corrected chi connectivity index (χ2v) is 6.73. The Bertz CT molecular complexity index is 559. The van der Waals surface area contributed by atoms with Crippen molar-refractivity contribution < 1.29 is 4.74 Å². The molecule has 0 aliphatic carbocycles. The molecule has 2 nitrogen and oxygen atoms in total. The zero-order valence-electron chi connectivity index (χ0n) is 14.1. The third-order valence-electron chi connectivity index (χ3n) is 4.00. The van der Waals surface area contributed by atoms with Gasteiger partial charge in [-0.05, 0) is 65.3 Å². The minimum atomic E-state index is -0.326. The minimum Gasteiger partial charge on any atom is -0.482 e. The van der Waals surface area contributed by atoms with E-state index >= 15 is 0 Å². The first-order chi connectivity index (χ1) is 9.76. The summed E-state index contributed by atoms with van der Waals surface area (Å²) in [6.45, 7) is 16.9. The number of rotatable bonds is 4. The molecule has 114 valence electrons. The van der Waals surface area contributed by atoms with Crippen molar-refractivity contribution in [3.05, 3.63) is 42.0 Å². The Labute approximate surface area is 129 Å². The topological polar surface area (TPSA) is 12.5 Å². The van der Waals surface area contributed by atoms with E-state index in [-0.39, 0.29) is 5.60 Å². The van der Waals surface area contributed by atoms with Gasteiger partial charge in [0, 0.05) is 29.4 Å². The van der Waals surface area contributed by atoms with Crippen molar-refractivity contribution in [1.29, 1.82) is 0 Å². The van der Waals surface area contributed by atoms with Crippen LogP contribution in [0.5, 0.6) is 5.75 Å². The molecule has 0 fully saturated rings. The van der Waals surface area contributed by atoms with Gasteiger partial charge in [0.1, 0.15) is 11.4 Å². The van der Waals surface area contributed by atoms with Crippen LogP contribution in [0.15, 0.2) is 36.4 Å². The van der Waals surface area contributed by atoms with Crippen molar-refractivity contribution in [2.75, 3.05) is 4.90 Å². The fourth-order valence-electron chi connectivity index (χ4n) is 3.06. The number of benzene rings is 1. The third-order valence-corrected chi connectivity index (χ3v) is 4.00. The molecule has 2 heteroatoms. The van der Waals surface area contributed by atoms with E-state index in [1.54, 1.807) is 0 Å². The molecule has 0 saturated carbocycles. The molecule has 0 N–H and O–H groups in total. The van der Waals surface area contributed by atoms with Gasteiger partial charge in [0.2, 0.25) is 0 Å². The van der Waals surface area contributed by atoms with Gasteiger partial charge in [0.05, 0.1) is 0 Å². The van der Waals surface area contributed by atoms with E-state index in [2.05, 4.69) is 77.3 Å². The highest BCUT2D eigenvalue weighted by atomic mass is 16.5. The molecule has 1 aromatic rings. The van der Waals surface area contributed by atoms with Crippen molar-refractivity contribution in [2.45, 2.75) is 59.2 Å². The van der Waals surface area contributed by atoms with E-state index in [0.29, 0.717) is 12.1 Å². The number of nitrogens with zero attached hydrogens (tertiary/aromatic N) is 1. The predicted octanol–water partition coefficient (Wildman–Crippen LogP) is 5.05. The highest BCUT2D eigenvalue weighted by Gasteiger charge is 2.29. The lowest BCUT2D eigenvalue weighted by atomic mass is 9.92. The maximum absolute atomic E-state index is 6.21. The molecule has 1 aromatic carbocycles. The van der Waals surface area contributed by atoms with Crippen molar-refractivity contribution in [3.63, 3.8) is 0 Å². The summed E-state index contributed by atoms with van der Waals surface area (Å²) in [4.78, 5) is 2.41. The monoisotopic (exact) mass is 285 g/mol. The molecular weight excluding hydrogens is 258 g/mol. The zero-order chi connectivity index (χ0) is 15.8. The van der Waals surface area contributed by atoms with Crippen molar-refractivity contribution in [3.8, 4) is 5.75 Å². The number of anilines is 1. The summed E-state index contributed by atoms with van der Waals surface area (Å²) in [6.07, 6.45) is 4.05. The maximum atomic E-state index is 6.21. The summed E-state index contributed by atoms with van der Waals surface area (Å²) in [5, 5.41) is 0. The Kier molecular flexibility index (Phi) is 4.18. The van der Waals surface area contributed by atoms with Crippen molar-refractivity contribution in [2.24, 2.45) is 0 Å². The van der Waals surface area contributed by atoms with Crippen LogP contribution in [0.4, 0.5) is 5.69 Å². The number of hydrogen-bond acceptors (Lipinski definition) is 2. The molecule has 0 aromatic heterocycles. The summed E-state index contributed by atoms with van der Waals surface area (Å²) in [5.74, 6) is 0.953. The number of ether oxygens (including phenoxy) is 1. The Hall–Kier alpha value is -1.70. The zero-order valence-corrected chi connectivity index (χ0v) is 14.1. The van der Waals surface area contributed by atoms with E-state index in [1.807, 2.05) is 6.08 Å². The molecule has 0 unspecified atom stereocenters. The van der Waals surface area contributed by atoms with E-state index < -0.39 is 0 Å². The first-order valence-corrected chi connectivity index (χ1v) is 7.72. The van der Waals surface area contributed by atoms with Gasteiger partial charge in [-0.1, -0.05) is 12.7 Å². The van der Waals surface area contributed by atoms with Crippen molar-refractivity contribution >= 4 is 11.8 Å². The largest absolute Gasteiger partial charge is 0.482 e. The van der Waals surface area contributed by atoms with Crippen LogP contribution in [0.2, 0.25) is 0 Å². The molecule has 1 heterocycles. The standard InChI is InChI=1S/C19H27NO/c1-8-16-11-15-9-10-17(20(13(2)3)14(4)5)12-18(15)21-19(16,6)7/h8-14H,1H2,2-7H3. The van der Waals surface area contributed by atoms with Gasteiger partial charge in [0.25, 0.3) is 0 Å². The Morgan fingerprint density at radius 1 is 1.14 bits per heavy atom. The molecular formula is C19H27NO. The summed E-state index contributed by atoms with van der Waals surface area (Å²) in [6, 6.07) is 7.39. The molecule has 0 amide bonds. The Morgan fingerprint density at radius 2 is 1.76 bits per heavy atom. The molecule has 0 bridgehead atoms. The minimum absolute atomic E-state index is 0.326. The quantitative estimate of drug-likeness (QED) is 0.767. The van der Waals surface area contributed by atoms with Gasteiger partial charge in [-0.2, -0.15) is 0 Å². The van der Waals surface area contributed by atoms with Gasteiger partial charge in [-0.3, -0.25) is 0 Å². The van der Waals surface area contributed by atoms with Crippen molar-refractivity contribution in [1.82, 2.24) is 0 Å². The second kappa shape index (κ2) is 5.59. The van der Waals surface area contributed by atoms with Gasteiger partial charge in [-0.15, -0.1) is 0 Å². The van der Waals surface area contributed by atoms with Crippen LogP contribution in [-0.4, -0.2) is 17.7 Å². The summed E-state index contributed by atoms with van der Waals surface area (Å²) >= 11 is 0. The lowest BCUT2D eigenvalue weighted by Gasteiger charge is -2.36. The van der Waals surface area contributed by atoms with Crippen LogP contribution in [0.3, 0.4) is 0 Å². The molecule has 0 spiro atoms. The molecule has 21 heavy (non-hydrogen) atoms. The van der Waals surface area contributed by atoms with E-state index in [1.165, 1.54) is 5.69 Å². The summed E-state index contributed by atoms with van der Waals surface area (Å²) < 4.78 is 6.21. The van der Waals surface area contributed by atoms with Crippen LogP contribution in [0, 0.1) is 0 Å². The fraction of sp³-hybridized carbons (Fsp3) is 0.474. The Balaban J connectivity index is 2.46. The SMILES string of the molecule is C=CC1=Cc2ccc(N(C(C)C)C(C)C)cc2OC1(C)C. The van der Waals surface area contributed by atoms with Crippen LogP contribution in [0.1, 0.15) is 47.1 Å². The average Bonchev–Trinajstić information content (AvgIpc) is 2.35. The molecule has 1 aliphatic heterocycles. The lowest BCUT2D eigenvalue weighted by Crippen LogP contribution is -2.37. The van der Waals surface area contributed by atoms with Crippen LogP contribution in [0.25, 0.3) is 6.08 Å². The normalized spacial score (nSPS) is 16.3. The second-order valence-electron chi connectivity index (χ2n) is 6.73. The fourth-order valence-corrected chi connectivity index (χ4v) is 3.06. The van der Waals surface area contributed by atoms with E-state index in [0.717, 1.165) is 16.9 Å². The van der Waals surface area contributed by atoms with Gasteiger partial charge >= 0.3 is 0 Å². The third kappa shape index (κ3) is 2.99. The van der Waals surface area contributed by atoms with Crippen LogP contribution < -0.4 is 9.64 Å². The van der Waals surface area contributed by atoms with E-state index in [9.17, 15) is 0 Å². The van der Waals surface area contributed by atoms with Crippen LogP contribution in [-0.2, 0) is 0 Å². The number of fused-ring (bicyclic) bond motifs is 1. The maximum Gasteiger partial charge on any atom is 0.129 e.